The first-order valence-corrected chi connectivity index (χ1v) is 6.31. The molecule has 100 valence electrons. The molecule has 1 amide bonds. The van der Waals surface area contributed by atoms with Crippen LogP contribution in [0.3, 0.4) is 0 Å². The Morgan fingerprint density at radius 1 is 1.39 bits per heavy atom. The zero-order valence-corrected chi connectivity index (χ0v) is 11.0. The molecule has 18 heavy (non-hydrogen) atoms. The van der Waals surface area contributed by atoms with Gasteiger partial charge in [-0.15, -0.1) is 0 Å². The van der Waals surface area contributed by atoms with E-state index in [1.807, 2.05) is 31.2 Å². The van der Waals surface area contributed by atoms with Gasteiger partial charge in [0.2, 0.25) is 0 Å². The van der Waals surface area contributed by atoms with Crippen LogP contribution in [0.4, 0.5) is 0 Å². The van der Waals surface area contributed by atoms with Crippen LogP contribution in [0.5, 0.6) is 5.75 Å². The maximum absolute atomic E-state index is 11.6. The Balaban J connectivity index is 2.48. The number of carbonyl (C=O) groups is 1. The second-order valence-corrected chi connectivity index (χ2v) is 4.17. The molecule has 1 aromatic carbocycles. The smallest absolute Gasteiger partial charge is 0.260 e. The van der Waals surface area contributed by atoms with Crippen molar-refractivity contribution in [3.8, 4) is 5.75 Å². The first-order valence-electron chi connectivity index (χ1n) is 6.31. The van der Waals surface area contributed by atoms with E-state index in [2.05, 4.69) is 5.32 Å². The van der Waals surface area contributed by atoms with Crippen molar-refractivity contribution in [2.75, 3.05) is 13.2 Å². The van der Waals surface area contributed by atoms with E-state index >= 15 is 0 Å². The number of hydrogen-bond acceptors (Lipinski definition) is 3. The first kappa shape index (κ1) is 14.5. The Morgan fingerprint density at radius 3 is 2.61 bits per heavy atom. The molecule has 0 saturated carbocycles. The van der Waals surface area contributed by atoms with Crippen LogP contribution in [-0.2, 0) is 11.2 Å². The highest BCUT2D eigenvalue weighted by atomic mass is 16.5. The Morgan fingerprint density at radius 2 is 2.06 bits per heavy atom. The number of benzene rings is 1. The maximum Gasteiger partial charge on any atom is 0.260 e. The summed E-state index contributed by atoms with van der Waals surface area (Å²) in [6.07, 6.45) is 1.04. The number of amides is 1. The molecule has 0 aliphatic rings. The summed E-state index contributed by atoms with van der Waals surface area (Å²) in [5.41, 5.74) is 1.05. The third-order valence-corrected chi connectivity index (χ3v) is 2.56. The fraction of sp³-hybridized carbons (Fsp3) is 0.500. The summed E-state index contributed by atoms with van der Waals surface area (Å²) in [4.78, 5) is 11.6. The number of aliphatic hydroxyl groups is 1. The lowest BCUT2D eigenvalue weighted by atomic mass is 10.1. The van der Waals surface area contributed by atoms with Gasteiger partial charge in [0, 0.05) is 13.2 Å². The van der Waals surface area contributed by atoms with Crippen LogP contribution in [0, 0.1) is 0 Å². The lowest BCUT2D eigenvalue weighted by Crippen LogP contribution is -2.36. The SMILES string of the molecule is CCCNC(=O)C(C)Oc1ccc(CCO)cc1. The summed E-state index contributed by atoms with van der Waals surface area (Å²) in [6, 6.07) is 7.41. The topological polar surface area (TPSA) is 58.6 Å². The molecule has 0 aromatic heterocycles. The van der Waals surface area contributed by atoms with Crippen LogP contribution in [0.25, 0.3) is 0 Å². The number of carbonyl (C=O) groups excluding carboxylic acids is 1. The van der Waals surface area contributed by atoms with Gasteiger partial charge in [-0.25, -0.2) is 0 Å². The number of rotatable bonds is 7. The Labute approximate surface area is 108 Å². The van der Waals surface area contributed by atoms with E-state index in [4.69, 9.17) is 9.84 Å². The van der Waals surface area contributed by atoms with E-state index in [-0.39, 0.29) is 12.5 Å². The molecule has 0 radical (unpaired) electrons. The van der Waals surface area contributed by atoms with Crippen molar-refractivity contribution in [3.05, 3.63) is 29.8 Å². The molecule has 0 saturated heterocycles. The Hall–Kier alpha value is -1.55. The molecule has 0 heterocycles. The molecule has 1 unspecified atom stereocenters. The average Bonchev–Trinajstić information content (AvgIpc) is 2.38. The van der Waals surface area contributed by atoms with E-state index < -0.39 is 6.10 Å². The standard InChI is InChI=1S/C14H21NO3/c1-3-9-15-14(17)11(2)18-13-6-4-12(5-7-13)8-10-16/h4-7,11,16H,3,8-10H2,1-2H3,(H,15,17). The second-order valence-electron chi connectivity index (χ2n) is 4.17. The van der Waals surface area contributed by atoms with Crippen LogP contribution in [0.1, 0.15) is 25.8 Å². The highest BCUT2D eigenvalue weighted by Gasteiger charge is 2.13. The molecule has 1 aromatic rings. The highest BCUT2D eigenvalue weighted by molar-refractivity contribution is 5.80. The van der Waals surface area contributed by atoms with Crippen molar-refractivity contribution in [1.29, 1.82) is 0 Å². The molecule has 0 fully saturated rings. The van der Waals surface area contributed by atoms with Gasteiger partial charge in [0.15, 0.2) is 6.10 Å². The van der Waals surface area contributed by atoms with Gasteiger partial charge in [0.1, 0.15) is 5.75 Å². The van der Waals surface area contributed by atoms with Gasteiger partial charge < -0.3 is 15.2 Å². The molecule has 4 heteroatoms. The van der Waals surface area contributed by atoms with Gasteiger partial charge in [0.25, 0.3) is 5.91 Å². The number of ether oxygens (including phenoxy) is 1. The van der Waals surface area contributed by atoms with Crippen molar-refractivity contribution in [1.82, 2.24) is 5.32 Å². The van der Waals surface area contributed by atoms with Gasteiger partial charge in [0.05, 0.1) is 0 Å². The molecule has 0 spiro atoms. The highest BCUT2D eigenvalue weighted by Crippen LogP contribution is 2.14. The molecule has 4 nitrogen and oxygen atoms in total. The lowest BCUT2D eigenvalue weighted by molar-refractivity contribution is -0.127. The number of hydrogen-bond donors (Lipinski definition) is 2. The summed E-state index contributed by atoms with van der Waals surface area (Å²) < 4.78 is 5.53. The quantitative estimate of drug-likeness (QED) is 0.772. The summed E-state index contributed by atoms with van der Waals surface area (Å²) in [5, 5.41) is 11.6. The first-order chi connectivity index (χ1) is 8.67. The van der Waals surface area contributed by atoms with E-state index in [9.17, 15) is 4.79 Å². The van der Waals surface area contributed by atoms with E-state index in [0.717, 1.165) is 12.0 Å². The van der Waals surface area contributed by atoms with E-state index in [1.165, 1.54) is 0 Å². The van der Waals surface area contributed by atoms with Crippen molar-refractivity contribution in [2.45, 2.75) is 32.8 Å². The summed E-state index contributed by atoms with van der Waals surface area (Å²) in [6.45, 7) is 4.54. The molecular formula is C14H21NO3. The third kappa shape index (κ3) is 4.75. The minimum atomic E-state index is -0.500. The molecule has 0 bridgehead atoms. The molecule has 0 aliphatic heterocycles. The van der Waals surface area contributed by atoms with Crippen LogP contribution in [0.2, 0.25) is 0 Å². The summed E-state index contributed by atoms with van der Waals surface area (Å²) in [7, 11) is 0. The van der Waals surface area contributed by atoms with Gasteiger partial charge in [-0.05, 0) is 37.5 Å². The van der Waals surface area contributed by atoms with Crippen molar-refractivity contribution in [3.63, 3.8) is 0 Å². The Bertz CT molecular complexity index is 362. The molecule has 1 rings (SSSR count). The predicted molar refractivity (Wildman–Crippen MR) is 70.6 cm³/mol. The van der Waals surface area contributed by atoms with Gasteiger partial charge in [-0.2, -0.15) is 0 Å². The summed E-state index contributed by atoms with van der Waals surface area (Å²) >= 11 is 0. The van der Waals surface area contributed by atoms with Crippen LogP contribution in [-0.4, -0.2) is 30.3 Å². The van der Waals surface area contributed by atoms with Crippen LogP contribution < -0.4 is 10.1 Å². The normalized spacial score (nSPS) is 11.9. The fourth-order valence-corrected chi connectivity index (χ4v) is 1.51. The minimum Gasteiger partial charge on any atom is -0.481 e. The van der Waals surface area contributed by atoms with Crippen molar-refractivity contribution >= 4 is 5.91 Å². The van der Waals surface area contributed by atoms with Crippen LogP contribution >= 0.6 is 0 Å². The number of aliphatic hydroxyl groups excluding tert-OH is 1. The molecular weight excluding hydrogens is 230 g/mol. The van der Waals surface area contributed by atoms with Gasteiger partial charge in [-0.1, -0.05) is 19.1 Å². The predicted octanol–water partition coefficient (Wildman–Crippen LogP) is 1.51. The largest absolute Gasteiger partial charge is 0.481 e. The average molecular weight is 251 g/mol. The monoisotopic (exact) mass is 251 g/mol. The zero-order chi connectivity index (χ0) is 13.4. The van der Waals surface area contributed by atoms with E-state index in [0.29, 0.717) is 18.7 Å². The number of nitrogens with one attached hydrogen (secondary N) is 1. The fourth-order valence-electron chi connectivity index (χ4n) is 1.51. The third-order valence-electron chi connectivity index (χ3n) is 2.56. The van der Waals surface area contributed by atoms with Crippen molar-refractivity contribution < 1.29 is 14.6 Å². The van der Waals surface area contributed by atoms with Gasteiger partial charge in [-0.3, -0.25) is 4.79 Å². The van der Waals surface area contributed by atoms with Crippen molar-refractivity contribution in [2.24, 2.45) is 0 Å². The van der Waals surface area contributed by atoms with E-state index in [1.54, 1.807) is 6.92 Å². The minimum absolute atomic E-state index is 0.101. The van der Waals surface area contributed by atoms with Crippen LogP contribution in [0.15, 0.2) is 24.3 Å². The zero-order valence-electron chi connectivity index (χ0n) is 11.0. The lowest BCUT2D eigenvalue weighted by Gasteiger charge is -2.14. The molecule has 1 atom stereocenters. The Kier molecular flexibility index (Phi) is 6.22. The van der Waals surface area contributed by atoms with Gasteiger partial charge >= 0.3 is 0 Å². The maximum atomic E-state index is 11.6. The summed E-state index contributed by atoms with van der Waals surface area (Å²) in [5.74, 6) is 0.562. The molecule has 2 N–H and O–H groups in total. The molecule has 0 aliphatic carbocycles. The second kappa shape index (κ2) is 7.71.